The Morgan fingerprint density at radius 2 is 0.500 bits per heavy atom. The summed E-state index contributed by atoms with van der Waals surface area (Å²) in [5.74, 6) is 0. The van der Waals surface area contributed by atoms with Gasteiger partial charge in [0.25, 0.3) is 0 Å². The van der Waals surface area contributed by atoms with Gasteiger partial charge in [0.2, 0.25) is 0 Å². The van der Waals surface area contributed by atoms with Crippen molar-refractivity contribution < 1.29 is 57.4 Å². The normalized spacial score (nSPS) is 11.3. The van der Waals surface area contributed by atoms with Crippen molar-refractivity contribution in [3.8, 4) is 0 Å². The first-order valence-electron chi connectivity index (χ1n) is 9.44. The molecule has 0 aliphatic carbocycles. The van der Waals surface area contributed by atoms with Crippen LogP contribution in [0.15, 0.2) is 0 Å². The molecule has 0 rings (SSSR count). The molecule has 0 aromatic carbocycles. The van der Waals surface area contributed by atoms with Crippen molar-refractivity contribution in [3.05, 3.63) is 0 Å². The second-order valence-corrected chi connectivity index (χ2v) is 13.4. The molecule has 0 saturated heterocycles. The van der Waals surface area contributed by atoms with Crippen LogP contribution in [0.1, 0.15) is 51.4 Å². The van der Waals surface area contributed by atoms with E-state index in [0.717, 1.165) is 39.7 Å². The summed E-state index contributed by atoms with van der Waals surface area (Å²) in [5.41, 5.74) is 10.8. The van der Waals surface area contributed by atoms with Gasteiger partial charge in [0.1, 0.15) is 0 Å². The third-order valence-electron chi connectivity index (χ3n) is 2.16. The highest BCUT2D eigenvalue weighted by Crippen LogP contribution is 2.27. The summed E-state index contributed by atoms with van der Waals surface area (Å²) in [6.07, 6.45) is 10.5. The van der Waals surface area contributed by atoms with Gasteiger partial charge >= 0.3 is 30.4 Å². The molecule has 18 heteroatoms. The van der Waals surface area contributed by atoms with E-state index in [2.05, 4.69) is 0 Å². The van der Waals surface area contributed by atoms with E-state index in [0.29, 0.717) is 0 Å². The Labute approximate surface area is 190 Å². The van der Waals surface area contributed by atoms with Gasteiger partial charge in [0.05, 0.1) is 0 Å². The Balaban J connectivity index is -0.000000103. The average molecular weight is 556 g/mol. The van der Waals surface area contributed by atoms with Crippen LogP contribution < -0.4 is 11.5 Å². The Hall–Kier alpha value is 0.520. The highest BCUT2D eigenvalue weighted by Gasteiger charge is 1.97. The Morgan fingerprint density at radius 1 is 0.406 bits per heavy atom. The van der Waals surface area contributed by atoms with Crippen molar-refractivity contribution in [2.75, 3.05) is 39.7 Å². The van der Waals surface area contributed by atoms with E-state index in [1.165, 1.54) is 51.4 Å². The van der Waals surface area contributed by atoms with Gasteiger partial charge < -0.3 is 50.6 Å². The smallest absolute Gasteiger partial charge is 0.322 e. The van der Waals surface area contributed by atoms with Gasteiger partial charge in [-0.25, -0.2) is 0 Å². The fourth-order valence-corrected chi connectivity index (χ4v) is 1.35. The zero-order valence-electron chi connectivity index (χ0n) is 19.2. The molecule has 0 fully saturated rings. The van der Waals surface area contributed by atoms with E-state index in [-0.39, 0.29) is 0 Å². The molecular formula is C14H44N2O12P4. The number of unbranched alkanes of at least 4 members (excludes halogenated alkanes) is 7. The number of hydrogen-bond acceptors (Lipinski definition) is 6. The minimum atomic E-state index is -3.64. The summed E-state index contributed by atoms with van der Waals surface area (Å²) in [7, 11) is -14.6. The van der Waals surface area contributed by atoms with Crippen LogP contribution in [-0.4, -0.2) is 78.9 Å². The predicted molar refractivity (Wildman–Crippen MR) is 127 cm³/mol. The number of rotatable bonds is 9. The van der Waals surface area contributed by atoms with E-state index in [1.807, 2.05) is 0 Å². The molecule has 0 amide bonds. The zero-order chi connectivity index (χ0) is 27.1. The fraction of sp³-hybridized carbons (Fsp3) is 1.00. The van der Waals surface area contributed by atoms with Crippen molar-refractivity contribution in [1.82, 2.24) is 0 Å². The monoisotopic (exact) mass is 556 g/mol. The Morgan fingerprint density at radius 3 is 0.594 bits per heavy atom. The van der Waals surface area contributed by atoms with E-state index in [1.54, 1.807) is 0 Å². The molecule has 32 heavy (non-hydrogen) atoms. The first-order valence-corrected chi connectivity index (χ1v) is 17.7. The highest BCUT2D eigenvalue weighted by molar-refractivity contribution is 7.51. The molecule has 14 nitrogen and oxygen atoms in total. The third kappa shape index (κ3) is 293. The molecule has 202 valence electrons. The SMILES string of the molecule is CP(=O)(O)O.CP(=O)(O)O.CP(=O)(O)O.CP(=O)(O)O.NCCCCCCCCCCN. The maximum Gasteiger partial charge on any atom is 0.322 e. The fourth-order valence-electron chi connectivity index (χ4n) is 1.35. The first kappa shape index (κ1) is 42.7. The van der Waals surface area contributed by atoms with Crippen molar-refractivity contribution in [2.45, 2.75) is 51.4 Å². The van der Waals surface area contributed by atoms with Crippen LogP contribution in [0, 0.1) is 0 Å². The van der Waals surface area contributed by atoms with Crippen molar-refractivity contribution >= 4 is 30.4 Å². The molecule has 0 spiro atoms. The molecule has 0 aromatic heterocycles. The van der Waals surface area contributed by atoms with Crippen LogP contribution >= 0.6 is 30.4 Å². The minimum Gasteiger partial charge on any atom is -0.330 e. The predicted octanol–water partition coefficient (Wildman–Crippen LogP) is 1.20. The summed E-state index contributed by atoms with van der Waals surface area (Å²) >= 11 is 0. The largest absolute Gasteiger partial charge is 0.330 e. The Bertz CT molecular complexity index is 447. The summed E-state index contributed by atoms with van der Waals surface area (Å²) in [4.78, 5) is 61.1. The molecule has 12 N–H and O–H groups in total. The third-order valence-corrected chi connectivity index (χ3v) is 2.16. The van der Waals surface area contributed by atoms with Gasteiger partial charge in [-0.2, -0.15) is 0 Å². The second-order valence-electron chi connectivity index (χ2n) is 6.75. The first-order chi connectivity index (χ1) is 13.9. The topological polar surface area (TPSA) is 282 Å². The van der Waals surface area contributed by atoms with Crippen LogP contribution in [0.4, 0.5) is 0 Å². The lowest BCUT2D eigenvalue weighted by molar-refractivity contribution is 0.379. The van der Waals surface area contributed by atoms with Gasteiger partial charge in [-0.15, -0.1) is 0 Å². The summed E-state index contributed by atoms with van der Waals surface area (Å²) in [6.45, 7) is 5.13. The molecule has 0 bridgehead atoms. The lowest BCUT2D eigenvalue weighted by atomic mass is 10.1. The average Bonchev–Trinajstić information content (AvgIpc) is 2.43. The zero-order valence-corrected chi connectivity index (χ0v) is 22.8. The van der Waals surface area contributed by atoms with E-state index < -0.39 is 30.4 Å². The van der Waals surface area contributed by atoms with Crippen molar-refractivity contribution in [3.63, 3.8) is 0 Å². The van der Waals surface area contributed by atoms with E-state index >= 15 is 0 Å². The number of hydrogen-bond donors (Lipinski definition) is 10. The molecule has 0 radical (unpaired) electrons. The molecule has 0 heterocycles. The van der Waals surface area contributed by atoms with Crippen molar-refractivity contribution in [1.29, 1.82) is 0 Å². The van der Waals surface area contributed by atoms with Gasteiger partial charge in [-0.05, 0) is 25.9 Å². The summed E-state index contributed by atoms with van der Waals surface area (Å²) in [6, 6.07) is 0. The van der Waals surface area contributed by atoms with Gasteiger partial charge in [-0.1, -0.05) is 38.5 Å². The minimum absolute atomic E-state index is 0.854. The molecule has 0 aliphatic heterocycles. The molecule has 0 aliphatic rings. The van der Waals surface area contributed by atoms with Gasteiger partial charge in [-0.3, -0.25) is 18.3 Å². The van der Waals surface area contributed by atoms with Gasteiger partial charge in [0, 0.05) is 26.7 Å². The Kier molecular flexibility index (Phi) is 32.8. The highest BCUT2D eigenvalue weighted by atomic mass is 31.2. The van der Waals surface area contributed by atoms with E-state index in [4.69, 9.17) is 50.6 Å². The maximum atomic E-state index is 9.33. The quantitative estimate of drug-likeness (QED) is 0.141. The summed E-state index contributed by atoms with van der Waals surface area (Å²) < 4.78 is 37.3. The summed E-state index contributed by atoms with van der Waals surface area (Å²) in [5, 5.41) is 0. The van der Waals surface area contributed by atoms with Crippen LogP contribution in [-0.2, 0) is 18.3 Å². The standard InChI is InChI=1S/C10H24N2.4CH5O3P/c11-9-7-5-3-1-2-4-6-8-10-12;4*1-5(2,3)4/h1-12H2;4*1H3,(H2,2,3,4). The van der Waals surface area contributed by atoms with Crippen molar-refractivity contribution in [2.24, 2.45) is 11.5 Å². The number of nitrogens with two attached hydrogens (primary N) is 2. The molecule has 0 atom stereocenters. The lowest BCUT2D eigenvalue weighted by Gasteiger charge is -2.00. The van der Waals surface area contributed by atoms with Crippen LogP contribution in [0.2, 0.25) is 0 Å². The maximum absolute atomic E-state index is 9.33. The second kappa shape index (κ2) is 24.6. The molecule has 0 saturated carbocycles. The van der Waals surface area contributed by atoms with Crippen LogP contribution in [0.5, 0.6) is 0 Å². The van der Waals surface area contributed by atoms with Gasteiger partial charge in [0.15, 0.2) is 0 Å². The molecular weight excluding hydrogens is 512 g/mol. The van der Waals surface area contributed by atoms with Crippen LogP contribution in [0.3, 0.4) is 0 Å². The van der Waals surface area contributed by atoms with E-state index in [9.17, 15) is 18.3 Å². The lowest BCUT2D eigenvalue weighted by Crippen LogP contribution is -1.98. The van der Waals surface area contributed by atoms with Crippen LogP contribution in [0.25, 0.3) is 0 Å². The molecule has 0 unspecified atom stereocenters. The molecule has 0 aromatic rings.